The summed E-state index contributed by atoms with van der Waals surface area (Å²) in [5.74, 6) is 0.690. The monoisotopic (exact) mass is 564 g/mol. The van der Waals surface area contributed by atoms with E-state index in [-0.39, 0.29) is 24.0 Å². The van der Waals surface area contributed by atoms with Crippen LogP contribution in [0.15, 0.2) is 41.4 Å². The smallest absolute Gasteiger partial charge is 0.191 e. The fourth-order valence-electron chi connectivity index (χ4n) is 3.17. The molecule has 166 valence electrons. The summed E-state index contributed by atoms with van der Waals surface area (Å²) in [5.41, 5.74) is 2.50. The topological polar surface area (TPSA) is 69.1 Å². The summed E-state index contributed by atoms with van der Waals surface area (Å²) in [4.78, 5) is 7.98. The largest absolute Gasteiger partial charge is 0.386 e. The molecule has 1 aromatic carbocycles. The molecule has 1 aliphatic heterocycles. The van der Waals surface area contributed by atoms with Gasteiger partial charge in [0, 0.05) is 37.6 Å². The van der Waals surface area contributed by atoms with E-state index in [0.29, 0.717) is 23.4 Å². The van der Waals surface area contributed by atoms with Gasteiger partial charge in [0.05, 0.1) is 24.1 Å². The first kappa shape index (κ1) is 25.4. The first-order chi connectivity index (χ1) is 14.2. The maximum absolute atomic E-state index is 10.4. The van der Waals surface area contributed by atoms with Crippen molar-refractivity contribution in [1.29, 1.82) is 0 Å². The summed E-state index contributed by atoms with van der Waals surface area (Å²) in [6, 6.07) is 12.1. The molecule has 9 heteroatoms. The Kier molecular flexibility index (Phi) is 11.4. The van der Waals surface area contributed by atoms with Crippen molar-refractivity contribution in [3.05, 3.63) is 56.7 Å². The fourth-order valence-corrected chi connectivity index (χ4v) is 4.22. The van der Waals surface area contributed by atoms with Gasteiger partial charge >= 0.3 is 0 Å². The summed E-state index contributed by atoms with van der Waals surface area (Å²) < 4.78 is 6.12. The molecule has 6 nitrogen and oxygen atoms in total. The molecule has 1 fully saturated rings. The van der Waals surface area contributed by atoms with Crippen LogP contribution in [0.3, 0.4) is 0 Å². The molecule has 3 N–H and O–H groups in total. The average Bonchev–Trinajstić information content (AvgIpc) is 3.18. The number of nitrogens with one attached hydrogen (secondary N) is 2. The molecule has 30 heavy (non-hydrogen) atoms. The molecule has 1 atom stereocenters. The first-order valence-corrected chi connectivity index (χ1v) is 11.2. The van der Waals surface area contributed by atoms with E-state index in [1.54, 1.807) is 6.07 Å². The quantitative estimate of drug-likeness (QED) is 0.260. The van der Waals surface area contributed by atoms with Gasteiger partial charge in [-0.3, -0.25) is 4.90 Å². The van der Waals surface area contributed by atoms with E-state index in [4.69, 9.17) is 21.3 Å². The lowest BCUT2D eigenvalue weighted by Crippen LogP contribution is -2.39. The average molecular weight is 565 g/mol. The highest BCUT2D eigenvalue weighted by Gasteiger charge is 2.13. The van der Waals surface area contributed by atoms with Gasteiger partial charge in [0.15, 0.2) is 5.96 Å². The summed E-state index contributed by atoms with van der Waals surface area (Å²) in [6.07, 6.45) is -0.620. The van der Waals surface area contributed by atoms with Crippen LogP contribution in [0.2, 0.25) is 4.34 Å². The van der Waals surface area contributed by atoms with E-state index in [0.717, 1.165) is 44.3 Å². The van der Waals surface area contributed by atoms with Gasteiger partial charge < -0.3 is 20.5 Å². The number of hydrogen-bond acceptors (Lipinski definition) is 5. The Morgan fingerprint density at radius 3 is 2.60 bits per heavy atom. The maximum Gasteiger partial charge on any atom is 0.191 e. The number of thiophene rings is 1. The molecule has 3 rings (SSSR count). The molecule has 0 aliphatic carbocycles. The van der Waals surface area contributed by atoms with Crippen molar-refractivity contribution < 1.29 is 9.84 Å². The highest BCUT2D eigenvalue weighted by Crippen LogP contribution is 2.26. The number of morpholine rings is 1. The van der Waals surface area contributed by atoms with Gasteiger partial charge in [0.2, 0.25) is 0 Å². The molecule has 0 bridgehead atoms. The third-order valence-corrected chi connectivity index (χ3v) is 6.09. The zero-order valence-corrected chi connectivity index (χ0v) is 21.0. The fraction of sp³-hybridized carbons (Fsp3) is 0.476. The number of ether oxygens (including phenoxy) is 1. The van der Waals surface area contributed by atoms with Gasteiger partial charge in [-0.2, -0.15) is 0 Å². The van der Waals surface area contributed by atoms with Gasteiger partial charge in [0.1, 0.15) is 6.10 Å². The van der Waals surface area contributed by atoms with Gasteiger partial charge in [-0.05, 0) is 30.2 Å². The van der Waals surface area contributed by atoms with E-state index in [2.05, 4.69) is 39.8 Å². The second kappa shape index (κ2) is 13.5. The number of aliphatic hydroxyl groups is 1. The molecule has 0 spiro atoms. The lowest BCUT2D eigenvalue weighted by atomic mass is 10.1. The molecule has 1 aromatic heterocycles. The molecule has 0 radical (unpaired) electrons. The van der Waals surface area contributed by atoms with Crippen molar-refractivity contribution in [3.63, 3.8) is 0 Å². The Labute approximate surface area is 204 Å². The Morgan fingerprint density at radius 2 is 1.93 bits per heavy atom. The third kappa shape index (κ3) is 7.97. The van der Waals surface area contributed by atoms with Crippen molar-refractivity contribution in [2.45, 2.75) is 26.1 Å². The van der Waals surface area contributed by atoms with Crippen LogP contribution in [0.25, 0.3) is 0 Å². The third-order valence-electron chi connectivity index (χ3n) is 4.75. The van der Waals surface area contributed by atoms with Gasteiger partial charge in [-0.15, -0.1) is 35.3 Å². The second-order valence-corrected chi connectivity index (χ2v) is 8.64. The summed E-state index contributed by atoms with van der Waals surface area (Å²) >= 11 is 7.35. The molecule has 2 aromatic rings. The minimum atomic E-state index is -0.620. The van der Waals surface area contributed by atoms with Crippen LogP contribution in [-0.2, 0) is 17.8 Å². The van der Waals surface area contributed by atoms with Gasteiger partial charge in [-0.25, -0.2) is 4.99 Å². The number of rotatable bonds is 8. The summed E-state index contributed by atoms with van der Waals surface area (Å²) in [6.45, 7) is 8.17. The van der Waals surface area contributed by atoms with E-state index in [1.165, 1.54) is 22.5 Å². The van der Waals surface area contributed by atoms with Crippen molar-refractivity contribution >= 4 is 52.9 Å². The van der Waals surface area contributed by atoms with E-state index >= 15 is 0 Å². The predicted octanol–water partition coefficient (Wildman–Crippen LogP) is 3.64. The maximum atomic E-state index is 10.4. The summed E-state index contributed by atoms with van der Waals surface area (Å²) in [5, 5.41) is 16.8. The number of guanidine groups is 1. The number of aliphatic imine (C=N–C) groups is 1. The zero-order chi connectivity index (χ0) is 20.5. The molecule has 1 aliphatic rings. The van der Waals surface area contributed by atoms with E-state index in [1.807, 2.05) is 13.0 Å². The molecule has 2 heterocycles. The van der Waals surface area contributed by atoms with Crippen molar-refractivity contribution in [2.24, 2.45) is 4.99 Å². The van der Waals surface area contributed by atoms with E-state index in [9.17, 15) is 5.11 Å². The second-order valence-electron chi connectivity index (χ2n) is 6.89. The SMILES string of the molecule is CCNC(=NCc1ccccc1CN1CCOCC1)NCC(O)c1ccc(Cl)s1.I. The van der Waals surface area contributed by atoms with Crippen LogP contribution in [0.1, 0.15) is 29.0 Å². The normalized spacial score (nSPS) is 16.0. The Morgan fingerprint density at radius 1 is 1.20 bits per heavy atom. The Bertz CT molecular complexity index is 799. The Balaban J connectivity index is 0.00000320. The van der Waals surface area contributed by atoms with Gasteiger partial charge in [0.25, 0.3) is 0 Å². The van der Waals surface area contributed by atoms with Crippen LogP contribution >= 0.6 is 46.9 Å². The lowest BCUT2D eigenvalue weighted by Gasteiger charge is -2.27. The zero-order valence-electron chi connectivity index (χ0n) is 17.1. The molecule has 1 saturated heterocycles. The molecule has 1 unspecified atom stereocenters. The molecular formula is C21H30ClIN4O2S. The standard InChI is InChI=1S/C21H29ClN4O2S.HI/c1-2-23-21(25-14-18(27)19-7-8-20(22)29-19)24-13-16-5-3-4-6-17(16)15-26-9-11-28-12-10-26;/h3-8,18,27H,2,9-15H2,1H3,(H2,23,24,25);1H. The first-order valence-electron chi connectivity index (χ1n) is 9.98. The molecular weight excluding hydrogens is 535 g/mol. The summed E-state index contributed by atoms with van der Waals surface area (Å²) in [7, 11) is 0. The van der Waals surface area contributed by atoms with Crippen molar-refractivity contribution in [3.8, 4) is 0 Å². The molecule has 0 saturated carbocycles. The lowest BCUT2D eigenvalue weighted by molar-refractivity contribution is 0.0341. The Hall–Kier alpha value is -0.910. The number of benzene rings is 1. The van der Waals surface area contributed by atoms with Crippen LogP contribution in [0.4, 0.5) is 0 Å². The highest BCUT2D eigenvalue weighted by molar-refractivity contribution is 14.0. The van der Waals surface area contributed by atoms with Crippen molar-refractivity contribution in [2.75, 3.05) is 39.4 Å². The predicted molar refractivity (Wildman–Crippen MR) is 135 cm³/mol. The minimum Gasteiger partial charge on any atom is -0.386 e. The van der Waals surface area contributed by atoms with Crippen LogP contribution < -0.4 is 10.6 Å². The number of hydrogen-bond donors (Lipinski definition) is 3. The number of nitrogens with zero attached hydrogens (tertiary/aromatic N) is 2. The number of aliphatic hydroxyl groups excluding tert-OH is 1. The van der Waals surface area contributed by atoms with Crippen LogP contribution in [0.5, 0.6) is 0 Å². The van der Waals surface area contributed by atoms with E-state index < -0.39 is 6.10 Å². The molecule has 0 amide bonds. The highest BCUT2D eigenvalue weighted by atomic mass is 127. The number of halogens is 2. The van der Waals surface area contributed by atoms with Crippen molar-refractivity contribution in [1.82, 2.24) is 15.5 Å². The van der Waals surface area contributed by atoms with Gasteiger partial charge in [-0.1, -0.05) is 35.9 Å². The van der Waals surface area contributed by atoms with Crippen LogP contribution in [0, 0.1) is 0 Å². The van der Waals surface area contributed by atoms with Crippen LogP contribution in [-0.4, -0.2) is 55.4 Å². The minimum absolute atomic E-state index is 0.